The van der Waals surface area contributed by atoms with Crippen LogP contribution < -0.4 is 14.8 Å². The number of benzene rings is 1. The van der Waals surface area contributed by atoms with E-state index >= 15 is 0 Å². The fraction of sp³-hybridized carbons (Fsp3) is 0.400. The normalized spacial score (nSPS) is 12.1. The molecule has 0 saturated heterocycles. The molecule has 1 aromatic heterocycles. The molecule has 0 saturated carbocycles. The van der Waals surface area contributed by atoms with Gasteiger partial charge < -0.3 is 14.8 Å². The van der Waals surface area contributed by atoms with Crippen LogP contribution in [0.3, 0.4) is 0 Å². The van der Waals surface area contributed by atoms with Gasteiger partial charge >= 0.3 is 0 Å². The molecule has 1 atom stereocenters. The quantitative estimate of drug-likeness (QED) is 0.871. The van der Waals surface area contributed by atoms with E-state index in [0.717, 1.165) is 16.4 Å². The number of hydrogen-bond donors (Lipinski definition) is 1. The molecule has 2 aromatic rings. The third-order valence-electron chi connectivity index (χ3n) is 3.20. The minimum absolute atomic E-state index is 0.0646. The average Bonchev–Trinajstić information content (AvgIpc) is 2.79. The van der Waals surface area contributed by atoms with Crippen LogP contribution in [-0.4, -0.2) is 19.2 Å². The summed E-state index contributed by atoms with van der Waals surface area (Å²) in [5.41, 5.74) is 1.88. The highest BCUT2D eigenvalue weighted by atomic mass is 35.5. The van der Waals surface area contributed by atoms with Crippen molar-refractivity contribution in [2.45, 2.75) is 26.8 Å². The van der Waals surface area contributed by atoms with Gasteiger partial charge in [-0.2, -0.15) is 0 Å². The molecule has 4 nitrogen and oxygen atoms in total. The first-order valence-electron chi connectivity index (χ1n) is 6.58. The summed E-state index contributed by atoms with van der Waals surface area (Å²) in [6, 6.07) is 3.65. The van der Waals surface area contributed by atoms with Crippen molar-refractivity contribution in [3.05, 3.63) is 32.7 Å². The number of nitrogens with zero attached hydrogens (tertiary/aromatic N) is 1. The summed E-state index contributed by atoms with van der Waals surface area (Å²) in [7, 11) is 3.21. The first-order chi connectivity index (χ1) is 9.96. The van der Waals surface area contributed by atoms with Gasteiger partial charge in [-0.3, -0.25) is 0 Å². The largest absolute Gasteiger partial charge is 0.495 e. The highest BCUT2D eigenvalue weighted by Gasteiger charge is 2.16. The SMILES string of the molecule is COc1cc(NC(C)c2nc(C)sc2C)c(OC)cc1Cl. The molecular weight excluding hydrogens is 308 g/mol. The maximum Gasteiger partial charge on any atom is 0.143 e. The average molecular weight is 327 g/mol. The predicted octanol–water partition coefficient (Wildman–Crippen LogP) is 4.60. The molecule has 0 aliphatic heterocycles. The predicted molar refractivity (Wildman–Crippen MR) is 88.2 cm³/mol. The van der Waals surface area contributed by atoms with Crippen molar-refractivity contribution in [1.82, 2.24) is 4.98 Å². The Hall–Kier alpha value is -1.46. The molecule has 0 aliphatic carbocycles. The first-order valence-corrected chi connectivity index (χ1v) is 7.77. The minimum Gasteiger partial charge on any atom is -0.495 e. The Morgan fingerprint density at radius 3 is 2.38 bits per heavy atom. The molecule has 0 fully saturated rings. The van der Waals surface area contributed by atoms with Crippen molar-refractivity contribution in [2.75, 3.05) is 19.5 Å². The third kappa shape index (κ3) is 3.41. The van der Waals surface area contributed by atoms with Crippen molar-refractivity contribution < 1.29 is 9.47 Å². The van der Waals surface area contributed by atoms with Gasteiger partial charge in [-0.1, -0.05) is 11.6 Å². The van der Waals surface area contributed by atoms with Crippen LogP contribution in [0.1, 0.15) is 28.5 Å². The van der Waals surface area contributed by atoms with Crippen molar-refractivity contribution in [3.63, 3.8) is 0 Å². The summed E-state index contributed by atoms with van der Waals surface area (Å²) in [5, 5.41) is 5.00. The number of ether oxygens (including phenoxy) is 2. The topological polar surface area (TPSA) is 43.4 Å². The first kappa shape index (κ1) is 15.9. The molecule has 114 valence electrons. The van der Waals surface area contributed by atoms with Crippen LogP contribution in [0.25, 0.3) is 0 Å². The second-order valence-electron chi connectivity index (χ2n) is 4.73. The summed E-state index contributed by atoms with van der Waals surface area (Å²) in [6.45, 7) is 6.17. The second-order valence-corrected chi connectivity index (χ2v) is 6.54. The Balaban J connectivity index is 2.32. The van der Waals surface area contributed by atoms with Crippen molar-refractivity contribution in [2.24, 2.45) is 0 Å². The molecule has 0 radical (unpaired) electrons. The van der Waals surface area contributed by atoms with Crippen LogP contribution in [-0.2, 0) is 0 Å². The molecular formula is C15H19ClN2O2S. The summed E-state index contributed by atoms with van der Waals surface area (Å²) in [5.74, 6) is 1.29. The number of halogens is 1. The van der Waals surface area contributed by atoms with Gasteiger partial charge in [0.2, 0.25) is 0 Å². The molecule has 1 unspecified atom stereocenters. The van der Waals surface area contributed by atoms with Gasteiger partial charge in [0.15, 0.2) is 0 Å². The number of hydrogen-bond acceptors (Lipinski definition) is 5. The summed E-state index contributed by atoms with van der Waals surface area (Å²) < 4.78 is 10.6. The van der Waals surface area contributed by atoms with Crippen molar-refractivity contribution in [3.8, 4) is 11.5 Å². The van der Waals surface area contributed by atoms with Gasteiger partial charge in [0.25, 0.3) is 0 Å². The molecule has 0 spiro atoms. The second kappa shape index (κ2) is 6.54. The molecule has 1 heterocycles. The van der Waals surface area contributed by atoms with E-state index in [1.165, 1.54) is 4.88 Å². The Kier molecular flexibility index (Phi) is 4.96. The number of methoxy groups -OCH3 is 2. The Morgan fingerprint density at radius 1 is 1.19 bits per heavy atom. The fourth-order valence-corrected chi connectivity index (χ4v) is 3.37. The number of aryl methyl sites for hydroxylation is 2. The Labute approximate surface area is 134 Å². The zero-order valence-electron chi connectivity index (χ0n) is 12.8. The van der Waals surface area contributed by atoms with E-state index in [0.29, 0.717) is 16.5 Å². The smallest absolute Gasteiger partial charge is 0.143 e. The van der Waals surface area contributed by atoms with E-state index in [4.69, 9.17) is 21.1 Å². The highest BCUT2D eigenvalue weighted by Crippen LogP contribution is 2.37. The number of anilines is 1. The van der Waals surface area contributed by atoms with E-state index < -0.39 is 0 Å². The van der Waals surface area contributed by atoms with Gasteiger partial charge in [0.1, 0.15) is 11.5 Å². The molecule has 0 amide bonds. The highest BCUT2D eigenvalue weighted by molar-refractivity contribution is 7.11. The Bertz CT molecular complexity index is 643. The van der Waals surface area contributed by atoms with E-state index in [-0.39, 0.29) is 6.04 Å². The van der Waals surface area contributed by atoms with Crippen LogP contribution in [0.2, 0.25) is 5.02 Å². The van der Waals surface area contributed by atoms with Gasteiger partial charge in [-0.05, 0) is 20.8 Å². The van der Waals surface area contributed by atoms with E-state index in [1.807, 2.05) is 13.0 Å². The summed E-state index contributed by atoms with van der Waals surface area (Å²) >= 11 is 7.82. The lowest BCUT2D eigenvalue weighted by molar-refractivity contribution is 0.404. The van der Waals surface area contributed by atoms with Crippen molar-refractivity contribution >= 4 is 28.6 Å². The van der Waals surface area contributed by atoms with Gasteiger partial charge in [-0.25, -0.2) is 4.98 Å². The molecule has 0 aliphatic rings. The third-order valence-corrected chi connectivity index (χ3v) is 4.39. The van der Waals surface area contributed by atoms with Crippen LogP contribution in [0.15, 0.2) is 12.1 Å². The van der Waals surface area contributed by atoms with Gasteiger partial charge in [0, 0.05) is 17.0 Å². The molecule has 21 heavy (non-hydrogen) atoms. The fourth-order valence-electron chi connectivity index (χ4n) is 2.22. The monoisotopic (exact) mass is 326 g/mol. The van der Waals surface area contributed by atoms with Crippen LogP contribution in [0.5, 0.6) is 11.5 Å². The zero-order chi connectivity index (χ0) is 15.6. The summed E-state index contributed by atoms with van der Waals surface area (Å²) in [4.78, 5) is 5.80. The molecule has 1 N–H and O–H groups in total. The molecule has 1 aromatic carbocycles. The number of rotatable bonds is 5. The maximum atomic E-state index is 6.12. The van der Waals surface area contributed by atoms with E-state index in [2.05, 4.69) is 24.1 Å². The van der Waals surface area contributed by atoms with Crippen molar-refractivity contribution in [1.29, 1.82) is 0 Å². The number of nitrogens with one attached hydrogen (secondary N) is 1. The molecule has 6 heteroatoms. The summed E-state index contributed by atoms with van der Waals surface area (Å²) in [6.07, 6.45) is 0. The van der Waals surface area contributed by atoms with Crippen LogP contribution in [0, 0.1) is 13.8 Å². The lowest BCUT2D eigenvalue weighted by atomic mass is 10.2. The minimum atomic E-state index is 0.0646. The number of aromatic nitrogens is 1. The standard InChI is InChI=1S/C15H19ClN2O2S/c1-8(15-9(2)21-10(3)18-15)17-12-7-13(19-4)11(16)6-14(12)20-5/h6-8,17H,1-5H3. The molecule has 2 rings (SSSR count). The van der Waals surface area contributed by atoms with Crippen LogP contribution >= 0.6 is 22.9 Å². The lowest BCUT2D eigenvalue weighted by Crippen LogP contribution is -2.09. The van der Waals surface area contributed by atoms with Gasteiger partial charge in [-0.15, -0.1) is 11.3 Å². The Morgan fingerprint density at radius 2 is 1.86 bits per heavy atom. The van der Waals surface area contributed by atoms with E-state index in [9.17, 15) is 0 Å². The van der Waals surface area contributed by atoms with Crippen LogP contribution in [0.4, 0.5) is 5.69 Å². The maximum absolute atomic E-state index is 6.12. The van der Waals surface area contributed by atoms with E-state index in [1.54, 1.807) is 31.6 Å². The molecule has 0 bridgehead atoms. The number of thiazole rings is 1. The lowest BCUT2D eigenvalue weighted by Gasteiger charge is -2.18. The van der Waals surface area contributed by atoms with Gasteiger partial charge in [0.05, 0.1) is 41.7 Å². The zero-order valence-corrected chi connectivity index (χ0v) is 14.4.